The standard InChI is InChI=1S/C28H28ClN3O4/c1-2-3-4-5-14-35-20-11-8-18(9-12-20)27-24-25(22-16-19(29)10-13-23(22)33)30-31-26(24)28(34)32(27)17-21-7-6-15-36-21/h6-13,15-16,27,33H,2-5,14,17H2,1H3,(H,30,31). The molecule has 4 aromatic rings. The first-order chi connectivity index (χ1) is 17.6. The fourth-order valence-corrected chi connectivity index (χ4v) is 4.82. The first-order valence-electron chi connectivity index (χ1n) is 12.2. The van der Waals surface area contributed by atoms with Gasteiger partial charge < -0.3 is 19.2 Å². The van der Waals surface area contributed by atoms with Crippen LogP contribution >= 0.6 is 11.6 Å². The lowest BCUT2D eigenvalue weighted by Gasteiger charge is -2.26. The van der Waals surface area contributed by atoms with Crippen molar-refractivity contribution < 1.29 is 19.1 Å². The van der Waals surface area contributed by atoms with Gasteiger partial charge in [-0.25, -0.2) is 0 Å². The van der Waals surface area contributed by atoms with Crippen LogP contribution in [0, 0.1) is 0 Å². The van der Waals surface area contributed by atoms with Gasteiger partial charge in [-0.3, -0.25) is 9.89 Å². The topological polar surface area (TPSA) is 91.6 Å². The number of nitrogens with zero attached hydrogens (tertiary/aromatic N) is 2. The molecule has 1 unspecified atom stereocenters. The lowest BCUT2D eigenvalue weighted by atomic mass is 9.95. The highest BCUT2D eigenvalue weighted by Gasteiger charge is 2.42. The smallest absolute Gasteiger partial charge is 0.273 e. The Hall–Kier alpha value is -3.71. The predicted molar refractivity (Wildman–Crippen MR) is 137 cm³/mol. The van der Waals surface area contributed by atoms with Gasteiger partial charge in [0.2, 0.25) is 0 Å². The summed E-state index contributed by atoms with van der Waals surface area (Å²) < 4.78 is 11.5. The average Bonchev–Trinajstić information content (AvgIpc) is 3.61. The zero-order chi connectivity index (χ0) is 25.1. The van der Waals surface area contributed by atoms with Gasteiger partial charge in [0.1, 0.15) is 28.6 Å². The van der Waals surface area contributed by atoms with Crippen LogP contribution in [0.5, 0.6) is 11.5 Å². The molecule has 186 valence electrons. The molecule has 0 bridgehead atoms. The zero-order valence-corrected chi connectivity index (χ0v) is 20.8. The number of carbonyl (C=O) groups excluding carboxylic acids is 1. The second-order valence-electron chi connectivity index (χ2n) is 8.92. The van der Waals surface area contributed by atoms with Crippen molar-refractivity contribution in [2.75, 3.05) is 6.61 Å². The summed E-state index contributed by atoms with van der Waals surface area (Å²) in [5, 5.41) is 18.3. The van der Waals surface area contributed by atoms with Crippen LogP contribution in [-0.2, 0) is 6.54 Å². The highest BCUT2D eigenvalue weighted by atomic mass is 35.5. The highest BCUT2D eigenvalue weighted by molar-refractivity contribution is 6.31. The molecular formula is C28H28ClN3O4. The quantitative estimate of drug-likeness (QED) is 0.233. The summed E-state index contributed by atoms with van der Waals surface area (Å²) in [6, 6.07) is 15.8. The molecule has 0 spiro atoms. The van der Waals surface area contributed by atoms with E-state index in [2.05, 4.69) is 17.1 Å². The highest BCUT2D eigenvalue weighted by Crippen LogP contribution is 2.45. The lowest BCUT2D eigenvalue weighted by Crippen LogP contribution is -2.28. The van der Waals surface area contributed by atoms with Crippen LogP contribution in [0.4, 0.5) is 0 Å². The summed E-state index contributed by atoms with van der Waals surface area (Å²) in [6.45, 7) is 3.15. The molecule has 0 fully saturated rings. The molecular weight excluding hydrogens is 478 g/mol. The van der Waals surface area contributed by atoms with Gasteiger partial charge in [0.25, 0.3) is 5.91 Å². The molecule has 1 amide bonds. The number of halogens is 1. The van der Waals surface area contributed by atoms with Gasteiger partial charge in [-0.15, -0.1) is 0 Å². The lowest BCUT2D eigenvalue weighted by molar-refractivity contribution is 0.0717. The number of aromatic nitrogens is 2. The van der Waals surface area contributed by atoms with Crippen molar-refractivity contribution in [1.82, 2.24) is 15.1 Å². The molecule has 2 N–H and O–H groups in total. The van der Waals surface area contributed by atoms with E-state index in [4.69, 9.17) is 20.8 Å². The van der Waals surface area contributed by atoms with E-state index in [9.17, 15) is 9.90 Å². The van der Waals surface area contributed by atoms with E-state index >= 15 is 0 Å². The van der Waals surface area contributed by atoms with E-state index in [-0.39, 0.29) is 18.2 Å². The van der Waals surface area contributed by atoms with Crippen LogP contribution in [0.25, 0.3) is 11.3 Å². The minimum absolute atomic E-state index is 0.0382. The number of phenols is 1. The van der Waals surface area contributed by atoms with Crippen LogP contribution in [0.2, 0.25) is 5.02 Å². The fraction of sp³-hybridized carbons (Fsp3) is 0.286. The number of hydrogen-bond donors (Lipinski definition) is 2. The molecule has 1 aliphatic heterocycles. The van der Waals surface area contributed by atoms with E-state index in [1.54, 1.807) is 29.4 Å². The number of unbranched alkanes of at least 4 members (excludes halogenated alkanes) is 3. The molecule has 7 nitrogen and oxygen atoms in total. The Morgan fingerprint density at radius 1 is 1.14 bits per heavy atom. The van der Waals surface area contributed by atoms with Gasteiger partial charge in [-0.05, 0) is 54.4 Å². The first-order valence-corrected chi connectivity index (χ1v) is 12.6. The number of aromatic amines is 1. The van der Waals surface area contributed by atoms with Gasteiger partial charge in [-0.2, -0.15) is 5.10 Å². The molecule has 1 atom stereocenters. The van der Waals surface area contributed by atoms with Crippen molar-refractivity contribution in [2.45, 2.75) is 45.2 Å². The predicted octanol–water partition coefficient (Wildman–Crippen LogP) is 6.73. The van der Waals surface area contributed by atoms with Gasteiger partial charge in [0, 0.05) is 16.1 Å². The maximum absolute atomic E-state index is 13.5. The third kappa shape index (κ3) is 4.71. The van der Waals surface area contributed by atoms with Crippen molar-refractivity contribution in [3.63, 3.8) is 0 Å². The van der Waals surface area contributed by atoms with Gasteiger partial charge >= 0.3 is 0 Å². The average molecular weight is 506 g/mol. The molecule has 2 aromatic carbocycles. The second-order valence-corrected chi connectivity index (χ2v) is 9.35. The normalized spacial score (nSPS) is 14.9. The molecule has 0 aliphatic carbocycles. The number of phenolic OH excluding ortho intramolecular Hbond substituents is 1. The van der Waals surface area contributed by atoms with E-state index in [1.165, 1.54) is 18.9 Å². The molecule has 0 radical (unpaired) electrons. The van der Waals surface area contributed by atoms with Crippen molar-refractivity contribution in [3.05, 3.63) is 88.5 Å². The minimum Gasteiger partial charge on any atom is -0.507 e. The molecule has 1 aliphatic rings. The number of nitrogens with one attached hydrogen (secondary N) is 1. The Morgan fingerprint density at radius 3 is 2.72 bits per heavy atom. The number of benzene rings is 2. The third-order valence-corrected chi connectivity index (χ3v) is 6.68. The van der Waals surface area contributed by atoms with Gasteiger partial charge in [0.05, 0.1) is 25.5 Å². The molecule has 8 heteroatoms. The van der Waals surface area contributed by atoms with Crippen molar-refractivity contribution in [1.29, 1.82) is 0 Å². The van der Waals surface area contributed by atoms with Gasteiger partial charge in [0.15, 0.2) is 0 Å². The number of ether oxygens (including phenoxy) is 1. The molecule has 3 heterocycles. The molecule has 0 saturated carbocycles. The molecule has 5 rings (SSSR count). The number of carbonyl (C=O) groups is 1. The summed E-state index contributed by atoms with van der Waals surface area (Å²) in [7, 11) is 0. The number of rotatable bonds is 10. The number of furan rings is 1. The Morgan fingerprint density at radius 2 is 1.97 bits per heavy atom. The van der Waals surface area contributed by atoms with Crippen LogP contribution in [-0.4, -0.2) is 32.7 Å². The largest absolute Gasteiger partial charge is 0.507 e. The fourth-order valence-electron chi connectivity index (χ4n) is 4.65. The maximum atomic E-state index is 13.5. The summed E-state index contributed by atoms with van der Waals surface area (Å²) in [5.74, 6) is 1.31. The van der Waals surface area contributed by atoms with Gasteiger partial charge in [-0.1, -0.05) is 49.9 Å². The second kappa shape index (κ2) is 10.5. The van der Waals surface area contributed by atoms with E-state index in [0.29, 0.717) is 39.9 Å². The number of hydrogen-bond acceptors (Lipinski definition) is 5. The SMILES string of the molecule is CCCCCCOc1ccc(C2c3c(-c4cc(Cl)ccc4O)n[nH]c3C(=O)N2Cc2ccco2)cc1. The summed E-state index contributed by atoms with van der Waals surface area (Å²) in [6.07, 6.45) is 6.17. The Kier molecular flexibility index (Phi) is 7.00. The number of aromatic hydroxyl groups is 1. The van der Waals surface area contributed by atoms with Crippen LogP contribution < -0.4 is 4.74 Å². The Balaban J connectivity index is 1.50. The third-order valence-electron chi connectivity index (χ3n) is 6.45. The van der Waals surface area contributed by atoms with Crippen molar-refractivity contribution >= 4 is 17.5 Å². The van der Waals surface area contributed by atoms with E-state index in [0.717, 1.165) is 24.2 Å². The summed E-state index contributed by atoms with van der Waals surface area (Å²) >= 11 is 6.22. The monoisotopic (exact) mass is 505 g/mol. The van der Waals surface area contributed by atoms with E-state index < -0.39 is 6.04 Å². The summed E-state index contributed by atoms with van der Waals surface area (Å²) in [5.41, 5.74) is 2.93. The molecule has 2 aromatic heterocycles. The Bertz CT molecular complexity index is 1330. The number of fused-ring (bicyclic) bond motifs is 1. The van der Waals surface area contributed by atoms with Crippen LogP contribution in [0.1, 0.15) is 66.0 Å². The first kappa shape index (κ1) is 24.0. The maximum Gasteiger partial charge on any atom is 0.273 e. The molecule has 0 saturated heterocycles. The van der Waals surface area contributed by atoms with Crippen molar-refractivity contribution in [2.24, 2.45) is 0 Å². The number of amides is 1. The zero-order valence-electron chi connectivity index (χ0n) is 20.0. The Labute approximate surface area is 214 Å². The van der Waals surface area contributed by atoms with Crippen LogP contribution in [0.3, 0.4) is 0 Å². The van der Waals surface area contributed by atoms with Crippen LogP contribution in [0.15, 0.2) is 65.3 Å². The minimum atomic E-state index is -0.441. The number of H-pyrrole nitrogens is 1. The molecule has 36 heavy (non-hydrogen) atoms. The van der Waals surface area contributed by atoms with Crippen molar-refractivity contribution in [3.8, 4) is 22.8 Å². The summed E-state index contributed by atoms with van der Waals surface area (Å²) in [4.78, 5) is 15.2. The van der Waals surface area contributed by atoms with E-state index in [1.807, 2.05) is 30.3 Å².